The summed E-state index contributed by atoms with van der Waals surface area (Å²) >= 11 is 0. The topological polar surface area (TPSA) is 60.1 Å². The smallest absolute Gasteiger partial charge is 0.335 e. The van der Waals surface area contributed by atoms with E-state index in [0.29, 0.717) is 30.7 Å². The van der Waals surface area contributed by atoms with Crippen LogP contribution in [0.2, 0.25) is 0 Å². The van der Waals surface area contributed by atoms with Crippen LogP contribution in [-0.4, -0.2) is 44.2 Å². The van der Waals surface area contributed by atoms with E-state index in [1.807, 2.05) is 0 Å². The molecule has 0 aliphatic carbocycles. The van der Waals surface area contributed by atoms with Gasteiger partial charge in [0.25, 0.3) is 5.92 Å². The molecule has 1 aromatic heterocycles. The highest BCUT2D eigenvalue weighted by Gasteiger charge is 2.43. The number of hydrogen-bond donors (Lipinski definition) is 0. The summed E-state index contributed by atoms with van der Waals surface area (Å²) in [6, 6.07) is 2.42. The van der Waals surface area contributed by atoms with Crippen LogP contribution in [0.1, 0.15) is 36.7 Å². The molecule has 0 spiro atoms. The van der Waals surface area contributed by atoms with Crippen molar-refractivity contribution in [2.24, 2.45) is 0 Å². The first-order valence-corrected chi connectivity index (χ1v) is 9.04. The Labute approximate surface area is 157 Å². The lowest BCUT2D eigenvalue weighted by Crippen LogP contribution is -2.42. The molecule has 1 fully saturated rings. The van der Waals surface area contributed by atoms with Gasteiger partial charge >= 0.3 is 5.69 Å². The number of carbonyl (C=O) groups excluding carboxylic acids is 1. The Morgan fingerprint density at radius 3 is 2.71 bits per heavy atom. The Kier molecular flexibility index (Phi) is 4.51. The maximum absolute atomic E-state index is 13.5. The van der Waals surface area contributed by atoms with Crippen molar-refractivity contribution in [3.8, 4) is 0 Å². The molecule has 1 amide bonds. The predicted molar refractivity (Wildman–Crippen MR) is 90.1 cm³/mol. The maximum atomic E-state index is 13.5. The molecular formula is C18H18F4N4O2. The number of likely N-dealkylation sites (tertiary alicyclic amines) is 1. The van der Waals surface area contributed by atoms with E-state index < -0.39 is 41.7 Å². The first-order chi connectivity index (χ1) is 13.2. The number of aromatic nitrogens is 3. The first-order valence-electron chi connectivity index (χ1n) is 9.04. The minimum atomic E-state index is -2.91. The Balaban J connectivity index is 1.62. The summed E-state index contributed by atoms with van der Waals surface area (Å²) in [6.07, 6.45) is 1.05. The monoisotopic (exact) mass is 398 g/mol. The summed E-state index contributed by atoms with van der Waals surface area (Å²) in [6.45, 7) is -0.774. The zero-order valence-electron chi connectivity index (χ0n) is 14.9. The molecule has 150 valence electrons. The van der Waals surface area contributed by atoms with Crippen molar-refractivity contribution >= 4 is 5.91 Å². The molecule has 28 heavy (non-hydrogen) atoms. The van der Waals surface area contributed by atoms with Crippen LogP contribution in [0.3, 0.4) is 0 Å². The molecule has 0 unspecified atom stereocenters. The molecule has 3 heterocycles. The third-order valence-electron chi connectivity index (χ3n) is 5.21. The second-order valence-electron chi connectivity index (χ2n) is 7.25. The van der Waals surface area contributed by atoms with Crippen molar-refractivity contribution in [2.75, 3.05) is 13.1 Å². The SMILES string of the molecule is O=C([C@@H]1CCCc2nn(Cc3ccc(F)c(F)c3)c(=O)n21)N1CCC(F)(F)C1. The summed E-state index contributed by atoms with van der Waals surface area (Å²) in [5.41, 5.74) is -0.220. The molecule has 0 radical (unpaired) electrons. The van der Waals surface area contributed by atoms with Gasteiger partial charge in [0.2, 0.25) is 5.91 Å². The van der Waals surface area contributed by atoms with E-state index in [2.05, 4.69) is 5.10 Å². The second-order valence-corrected chi connectivity index (χ2v) is 7.25. The molecule has 2 aliphatic rings. The largest absolute Gasteiger partial charge is 0.346 e. The van der Waals surface area contributed by atoms with Crippen LogP contribution in [-0.2, 0) is 17.8 Å². The van der Waals surface area contributed by atoms with Crippen LogP contribution in [0.15, 0.2) is 23.0 Å². The third kappa shape index (κ3) is 3.31. The van der Waals surface area contributed by atoms with Gasteiger partial charge in [0, 0.05) is 19.4 Å². The van der Waals surface area contributed by atoms with E-state index in [0.717, 1.165) is 21.7 Å². The standard InChI is InChI=1S/C18H18F4N4O2/c19-12-5-4-11(8-13(12)20)9-25-17(28)26-14(2-1-3-15(26)23-25)16(27)24-7-6-18(21,22)10-24/h4-5,8,14H,1-3,6-7,9-10H2/t14-/m0/s1. The Hall–Kier alpha value is -2.65. The Morgan fingerprint density at radius 2 is 2.04 bits per heavy atom. The van der Waals surface area contributed by atoms with Crippen molar-refractivity contribution in [1.82, 2.24) is 19.2 Å². The molecule has 2 aliphatic heterocycles. The number of amides is 1. The van der Waals surface area contributed by atoms with Gasteiger partial charge in [0.15, 0.2) is 11.6 Å². The van der Waals surface area contributed by atoms with Crippen molar-refractivity contribution < 1.29 is 22.4 Å². The van der Waals surface area contributed by atoms with Crippen LogP contribution in [0.4, 0.5) is 17.6 Å². The summed E-state index contributed by atoms with van der Waals surface area (Å²) < 4.78 is 55.8. The fourth-order valence-corrected chi connectivity index (χ4v) is 3.81. The van der Waals surface area contributed by atoms with Crippen LogP contribution < -0.4 is 5.69 Å². The number of benzene rings is 1. The van der Waals surface area contributed by atoms with Gasteiger partial charge < -0.3 is 4.90 Å². The van der Waals surface area contributed by atoms with E-state index in [-0.39, 0.29) is 19.5 Å². The van der Waals surface area contributed by atoms with Gasteiger partial charge in [-0.05, 0) is 30.5 Å². The molecule has 6 nitrogen and oxygen atoms in total. The molecule has 2 aromatic rings. The minimum Gasteiger partial charge on any atom is -0.335 e. The van der Waals surface area contributed by atoms with Crippen molar-refractivity contribution in [2.45, 2.75) is 44.2 Å². The van der Waals surface area contributed by atoms with E-state index in [4.69, 9.17) is 0 Å². The highest BCUT2D eigenvalue weighted by Crippen LogP contribution is 2.31. The Bertz CT molecular complexity index is 984. The lowest BCUT2D eigenvalue weighted by molar-refractivity contribution is -0.135. The third-order valence-corrected chi connectivity index (χ3v) is 5.21. The molecule has 1 saturated heterocycles. The number of hydrogen-bond acceptors (Lipinski definition) is 3. The van der Waals surface area contributed by atoms with Gasteiger partial charge in [-0.3, -0.25) is 9.36 Å². The van der Waals surface area contributed by atoms with Gasteiger partial charge in [0.1, 0.15) is 11.9 Å². The van der Waals surface area contributed by atoms with Gasteiger partial charge in [-0.2, -0.15) is 5.10 Å². The van der Waals surface area contributed by atoms with E-state index in [1.165, 1.54) is 10.6 Å². The van der Waals surface area contributed by atoms with Gasteiger partial charge in [0.05, 0.1) is 13.1 Å². The number of alkyl halides is 2. The molecule has 0 saturated carbocycles. The molecule has 0 bridgehead atoms. The highest BCUT2D eigenvalue weighted by molar-refractivity contribution is 5.81. The average Bonchev–Trinajstić information content (AvgIpc) is 3.17. The molecule has 4 rings (SSSR count). The van der Waals surface area contributed by atoms with Crippen LogP contribution >= 0.6 is 0 Å². The maximum Gasteiger partial charge on any atom is 0.346 e. The van der Waals surface area contributed by atoms with Crippen molar-refractivity contribution in [1.29, 1.82) is 0 Å². The fraction of sp³-hybridized carbons (Fsp3) is 0.500. The van der Waals surface area contributed by atoms with Gasteiger partial charge in [-0.15, -0.1) is 0 Å². The van der Waals surface area contributed by atoms with E-state index in [9.17, 15) is 27.2 Å². The van der Waals surface area contributed by atoms with Crippen molar-refractivity contribution in [3.63, 3.8) is 0 Å². The molecule has 10 heteroatoms. The minimum absolute atomic E-state index is 0.0462. The van der Waals surface area contributed by atoms with Crippen molar-refractivity contribution in [3.05, 3.63) is 51.7 Å². The number of nitrogens with zero attached hydrogens (tertiary/aromatic N) is 4. The second kappa shape index (κ2) is 6.75. The van der Waals surface area contributed by atoms with E-state index in [1.54, 1.807) is 0 Å². The summed E-state index contributed by atoms with van der Waals surface area (Å²) in [5.74, 6) is -5.05. The number of fused-ring (bicyclic) bond motifs is 1. The quantitative estimate of drug-likeness (QED) is 0.745. The number of rotatable bonds is 3. The summed E-state index contributed by atoms with van der Waals surface area (Å²) in [7, 11) is 0. The summed E-state index contributed by atoms with van der Waals surface area (Å²) in [5, 5.41) is 4.22. The first kappa shape index (κ1) is 18.7. The van der Waals surface area contributed by atoms with Crippen LogP contribution in [0, 0.1) is 11.6 Å². The van der Waals surface area contributed by atoms with Gasteiger partial charge in [-0.1, -0.05) is 6.07 Å². The molecule has 1 aromatic carbocycles. The molecule has 1 atom stereocenters. The Morgan fingerprint density at radius 1 is 1.25 bits per heavy atom. The lowest BCUT2D eigenvalue weighted by Gasteiger charge is -2.27. The zero-order valence-corrected chi connectivity index (χ0v) is 14.9. The molecular weight excluding hydrogens is 380 g/mol. The molecule has 0 N–H and O–H groups in total. The number of carbonyl (C=O) groups is 1. The lowest BCUT2D eigenvalue weighted by atomic mass is 10.0. The van der Waals surface area contributed by atoms with Crippen LogP contribution in [0.5, 0.6) is 0 Å². The van der Waals surface area contributed by atoms with Gasteiger partial charge in [-0.25, -0.2) is 27.0 Å². The summed E-state index contributed by atoms with van der Waals surface area (Å²) in [4.78, 5) is 26.7. The highest BCUT2D eigenvalue weighted by atomic mass is 19.3. The number of aryl methyl sites for hydroxylation is 1. The normalized spacial score (nSPS) is 21.0. The zero-order chi connectivity index (χ0) is 20.1. The van der Waals surface area contributed by atoms with Crippen LogP contribution in [0.25, 0.3) is 0 Å². The fourth-order valence-electron chi connectivity index (χ4n) is 3.81. The predicted octanol–water partition coefficient (Wildman–Crippen LogP) is 2.12. The number of halogens is 4. The average molecular weight is 398 g/mol. The van der Waals surface area contributed by atoms with E-state index >= 15 is 0 Å².